The summed E-state index contributed by atoms with van der Waals surface area (Å²) in [6, 6.07) is 9.50. The average molecular weight is 319 g/mol. The van der Waals surface area contributed by atoms with Gasteiger partial charge in [0.05, 0.1) is 5.69 Å². The second-order valence-corrected chi connectivity index (χ2v) is 6.24. The topological polar surface area (TPSA) is 75.0 Å². The van der Waals surface area contributed by atoms with Gasteiger partial charge in [-0.3, -0.25) is 9.89 Å². The van der Waals surface area contributed by atoms with Crippen LogP contribution in [0.4, 0.5) is 0 Å². The molecule has 0 bridgehead atoms. The molecule has 0 radical (unpaired) electrons. The van der Waals surface area contributed by atoms with E-state index in [1.165, 1.54) is 0 Å². The van der Waals surface area contributed by atoms with E-state index in [4.69, 9.17) is 17.3 Å². The van der Waals surface area contributed by atoms with E-state index in [0.717, 1.165) is 24.1 Å². The van der Waals surface area contributed by atoms with Gasteiger partial charge < -0.3 is 10.6 Å². The third kappa shape index (κ3) is 3.00. The summed E-state index contributed by atoms with van der Waals surface area (Å²) in [5.74, 6) is -0.0212. The first-order chi connectivity index (χ1) is 10.5. The van der Waals surface area contributed by atoms with Crippen LogP contribution >= 0.6 is 11.6 Å². The molecule has 5 nitrogen and oxygen atoms in total. The van der Waals surface area contributed by atoms with E-state index >= 15 is 0 Å². The summed E-state index contributed by atoms with van der Waals surface area (Å²) in [7, 11) is 0. The Morgan fingerprint density at radius 1 is 1.41 bits per heavy atom. The number of nitrogens with two attached hydrogens (primary N) is 1. The van der Waals surface area contributed by atoms with Crippen LogP contribution in [-0.4, -0.2) is 39.6 Å². The smallest absolute Gasteiger partial charge is 0.272 e. The molecule has 1 aromatic heterocycles. The highest BCUT2D eigenvalue weighted by Gasteiger charge is 2.28. The van der Waals surface area contributed by atoms with Crippen molar-refractivity contribution < 1.29 is 4.79 Å². The van der Waals surface area contributed by atoms with Gasteiger partial charge in [0, 0.05) is 29.2 Å². The van der Waals surface area contributed by atoms with Crippen molar-refractivity contribution in [2.45, 2.75) is 31.8 Å². The van der Waals surface area contributed by atoms with Crippen LogP contribution in [0.1, 0.15) is 30.3 Å². The van der Waals surface area contributed by atoms with Crippen LogP contribution in [0, 0.1) is 0 Å². The minimum atomic E-state index is -0.0212. The Balaban J connectivity index is 1.78. The molecule has 2 heterocycles. The van der Waals surface area contributed by atoms with E-state index in [-0.39, 0.29) is 18.0 Å². The Morgan fingerprint density at radius 2 is 2.14 bits per heavy atom. The number of benzene rings is 1. The Bertz CT molecular complexity index is 667. The number of aromatic nitrogens is 2. The molecule has 3 N–H and O–H groups in total. The first-order valence-corrected chi connectivity index (χ1v) is 7.80. The van der Waals surface area contributed by atoms with Crippen LogP contribution in [0.25, 0.3) is 11.3 Å². The zero-order valence-electron chi connectivity index (χ0n) is 12.4. The predicted octanol–water partition coefficient (Wildman–Crippen LogP) is 2.68. The van der Waals surface area contributed by atoms with Crippen molar-refractivity contribution in [3.63, 3.8) is 0 Å². The van der Waals surface area contributed by atoms with Crippen LogP contribution in [0.15, 0.2) is 30.3 Å². The normalized spacial score (nSPS) is 21.9. The first-order valence-electron chi connectivity index (χ1n) is 7.42. The quantitative estimate of drug-likeness (QED) is 0.894. The van der Waals surface area contributed by atoms with E-state index in [2.05, 4.69) is 10.2 Å². The molecule has 1 amide bonds. The summed E-state index contributed by atoms with van der Waals surface area (Å²) >= 11 is 5.88. The lowest BCUT2D eigenvalue weighted by Crippen LogP contribution is -2.48. The molecule has 1 aliphatic rings. The molecule has 0 saturated carbocycles. The van der Waals surface area contributed by atoms with Gasteiger partial charge in [0.1, 0.15) is 5.69 Å². The molecule has 0 spiro atoms. The van der Waals surface area contributed by atoms with Gasteiger partial charge in [-0.15, -0.1) is 0 Å². The fourth-order valence-corrected chi connectivity index (χ4v) is 2.99. The summed E-state index contributed by atoms with van der Waals surface area (Å²) in [5, 5.41) is 7.75. The number of rotatable bonds is 2. The van der Waals surface area contributed by atoms with Crippen molar-refractivity contribution in [2.24, 2.45) is 5.73 Å². The molecule has 1 aliphatic heterocycles. The minimum absolute atomic E-state index is 0.0212. The lowest BCUT2D eigenvalue weighted by Gasteiger charge is -2.36. The largest absolute Gasteiger partial charge is 0.335 e. The highest BCUT2D eigenvalue weighted by Crippen LogP contribution is 2.22. The van der Waals surface area contributed by atoms with Gasteiger partial charge in [-0.05, 0) is 38.0 Å². The number of piperidine rings is 1. The molecule has 22 heavy (non-hydrogen) atoms. The van der Waals surface area contributed by atoms with Gasteiger partial charge in [-0.1, -0.05) is 23.7 Å². The van der Waals surface area contributed by atoms with E-state index in [1.807, 2.05) is 24.0 Å². The maximum Gasteiger partial charge on any atom is 0.272 e. The molecule has 6 heteroatoms. The van der Waals surface area contributed by atoms with Crippen molar-refractivity contribution in [1.82, 2.24) is 15.1 Å². The van der Waals surface area contributed by atoms with Crippen molar-refractivity contribution >= 4 is 17.5 Å². The Labute approximate surface area is 134 Å². The van der Waals surface area contributed by atoms with Gasteiger partial charge >= 0.3 is 0 Å². The van der Waals surface area contributed by atoms with Gasteiger partial charge in [0.15, 0.2) is 0 Å². The number of hydrogen-bond acceptors (Lipinski definition) is 3. The number of amides is 1. The Hall–Kier alpha value is -1.85. The lowest BCUT2D eigenvalue weighted by atomic mass is 9.99. The van der Waals surface area contributed by atoms with E-state index in [9.17, 15) is 4.79 Å². The summed E-state index contributed by atoms with van der Waals surface area (Å²) in [4.78, 5) is 14.5. The molecule has 0 aliphatic carbocycles. The third-order valence-corrected chi connectivity index (χ3v) is 4.38. The number of nitrogens with zero attached hydrogens (tertiary/aromatic N) is 2. The number of aromatic amines is 1. The van der Waals surface area contributed by atoms with Gasteiger partial charge in [0.25, 0.3) is 5.91 Å². The van der Waals surface area contributed by atoms with Crippen molar-refractivity contribution in [1.29, 1.82) is 0 Å². The van der Waals surface area contributed by atoms with Crippen LogP contribution in [-0.2, 0) is 0 Å². The highest BCUT2D eigenvalue weighted by molar-refractivity contribution is 6.30. The molecule has 0 unspecified atom stereocenters. The molecule has 1 saturated heterocycles. The van der Waals surface area contributed by atoms with E-state index in [0.29, 0.717) is 17.3 Å². The summed E-state index contributed by atoms with van der Waals surface area (Å²) in [6.45, 7) is 2.73. The number of hydrogen-bond donors (Lipinski definition) is 2. The number of carbonyl (C=O) groups is 1. The van der Waals surface area contributed by atoms with Crippen molar-refractivity contribution in [2.75, 3.05) is 6.54 Å². The maximum atomic E-state index is 12.6. The van der Waals surface area contributed by atoms with Crippen LogP contribution in [0.2, 0.25) is 5.02 Å². The number of likely N-dealkylation sites (tertiary alicyclic amines) is 1. The zero-order valence-corrected chi connectivity index (χ0v) is 13.2. The fraction of sp³-hybridized carbons (Fsp3) is 0.375. The number of nitrogens with one attached hydrogen (secondary N) is 1. The highest BCUT2D eigenvalue weighted by atomic mass is 35.5. The van der Waals surface area contributed by atoms with E-state index < -0.39 is 0 Å². The number of H-pyrrole nitrogens is 1. The van der Waals surface area contributed by atoms with Crippen molar-refractivity contribution in [3.05, 3.63) is 41.0 Å². The van der Waals surface area contributed by atoms with Crippen LogP contribution in [0.3, 0.4) is 0 Å². The molecule has 116 valence electrons. The monoisotopic (exact) mass is 318 g/mol. The molecule has 3 rings (SSSR count). The SMILES string of the molecule is C[C@@H]1C[C@H](N)CCN1C(=O)c1cc(-c2ccc(Cl)cc2)n[nH]1. The summed E-state index contributed by atoms with van der Waals surface area (Å²) in [6.07, 6.45) is 1.68. The van der Waals surface area contributed by atoms with Gasteiger partial charge in [0.2, 0.25) is 0 Å². The molecule has 2 aromatic rings. The standard InChI is InChI=1S/C16H19ClN4O/c1-10-8-13(18)6-7-21(10)16(22)15-9-14(19-20-15)11-2-4-12(17)5-3-11/h2-5,9-10,13H,6-8,18H2,1H3,(H,19,20)/t10-,13-/m1/s1. The Morgan fingerprint density at radius 3 is 2.82 bits per heavy atom. The molecular formula is C16H19ClN4O. The molecular weight excluding hydrogens is 300 g/mol. The number of halogens is 1. The molecule has 2 atom stereocenters. The predicted molar refractivity (Wildman–Crippen MR) is 86.7 cm³/mol. The summed E-state index contributed by atoms with van der Waals surface area (Å²) in [5.41, 5.74) is 8.12. The Kier molecular flexibility index (Phi) is 4.18. The molecule has 1 fully saturated rings. The van der Waals surface area contributed by atoms with E-state index in [1.54, 1.807) is 18.2 Å². The van der Waals surface area contributed by atoms with Crippen molar-refractivity contribution in [3.8, 4) is 11.3 Å². The second-order valence-electron chi connectivity index (χ2n) is 5.81. The second kappa shape index (κ2) is 6.10. The summed E-state index contributed by atoms with van der Waals surface area (Å²) < 4.78 is 0. The van der Waals surface area contributed by atoms with Gasteiger partial charge in [-0.25, -0.2) is 0 Å². The average Bonchev–Trinajstić information content (AvgIpc) is 2.97. The minimum Gasteiger partial charge on any atom is -0.335 e. The zero-order chi connectivity index (χ0) is 15.7. The lowest BCUT2D eigenvalue weighted by molar-refractivity contribution is 0.0613. The third-order valence-electron chi connectivity index (χ3n) is 4.13. The van der Waals surface area contributed by atoms with Crippen LogP contribution < -0.4 is 5.73 Å². The maximum absolute atomic E-state index is 12.6. The van der Waals surface area contributed by atoms with Gasteiger partial charge in [-0.2, -0.15) is 5.10 Å². The number of carbonyl (C=O) groups excluding carboxylic acids is 1. The van der Waals surface area contributed by atoms with Crippen LogP contribution in [0.5, 0.6) is 0 Å². The molecule has 1 aromatic carbocycles. The first kappa shape index (κ1) is 15.1. The fourth-order valence-electron chi connectivity index (χ4n) is 2.86.